The van der Waals surface area contributed by atoms with Crippen LogP contribution >= 0.6 is 0 Å². The van der Waals surface area contributed by atoms with E-state index in [1.807, 2.05) is 0 Å². The topological polar surface area (TPSA) is 72.9 Å². The first kappa shape index (κ1) is 14.8. The van der Waals surface area contributed by atoms with Gasteiger partial charge in [-0.15, -0.1) is 0 Å². The maximum atomic E-state index is 12.4. The lowest BCUT2D eigenvalue weighted by molar-refractivity contribution is -0.151. The van der Waals surface area contributed by atoms with Gasteiger partial charge < -0.3 is 9.47 Å². The fourth-order valence-electron chi connectivity index (χ4n) is 2.46. The van der Waals surface area contributed by atoms with E-state index < -0.39 is 29.1 Å². The maximum absolute atomic E-state index is 12.4. The Balaban J connectivity index is 2.19. The van der Waals surface area contributed by atoms with Gasteiger partial charge in [0.2, 0.25) is 5.91 Å². The molecule has 1 spiro atoms. The minimum atomic E-state index is -0.847. The van der Waals surface area contributed by atoms with Gasteiger partial charge in [0.05, 0.1) is 12.0 Å². The van der Waals surface area contributed by atoms with Crippen LogP contribution in [0.3, 0.4) is 0 Å². The largest absolute Gasteiger partial charge is 0.464 e. The SMILES string of the molecule is CCOC(=O)[C@@H]1CC2(CC2)C(=O)N1C(=O)OC(C)(C)C. The molecule has 0 radical (unpaired) electrons. The summed E-state index contributed by atoms with van der Waals surface area (Å²) in [5.74, 6) is -0.833. The molecule has 1 aliphatic heterocycles. The van der Waals surface area contributed by atoms with Crippen LogP contribution in [0.4, 0.5) is 4.79 Å². The Kier molecular flexibility index (Phi) is 3.52. The van der Waals surface area contributed by atoms with E-state index in [0.29, 0.717) is 6.42 Å². The van der Waals surface area contributed by atoms with E-state index in [9.17, 15) is 14.4 Å². The predicted molar refractivity (Wildman–Crippen MR) is 69.8 cm³/mol. The van der Waals surface area contributed by atoms with Gasteiger partial charge in [0, 0.05) is 0 Å². The van der Waals surface area contributed by atoms with Crippen LogP contribution in [0, 0.1) is 5.41 Å². The van der Waals surface area contributed by atoms with Crippen molar-refractivity contribution in [2.45, 2.75) is 58.6 Å². The quantitative estimate of drug-likeness (QED) is 0.723. The van der Waals surface area contributed by atoms with Gasteiger partial charge >= 0.3 is 12.1 Å². The van der Waals surface area contributed by atoms with Crippen molar-refractivity contribution in [2.24, 2.45) is 5.41 Å². The molecule has 20 heavy (non-hydrogen) atoms. The van der Waals surface area contributed by atoms with Crippen LogP contribution in [0.1, 0.15) is 47.0 Å². The van der Waals surface area contributed by atoms with E-state index in [0.717, 1.165) is 17.7 Å². The van der Waals surface area contributed by atoms with E-state index in [2.05, 4.69) is 0 Å². The second-order valence-corrected chi connectivity index (χ2v) is 6.41. The zero-order chi connectivity index (χ0) is 15.1. The predicted octanol–water partition coefficient (Wildman–Crippen LogP) is 1.87. The molecule has 0 bridgehead atoms. The van der Waals surface area contributed by atoms with Crippen molar-refractivity contribution in [3.8, 4) is 0 Å². The number of likely N-dealkylation sites (tertiary alicyclic amines) is 1. The van der Waals surface area contributed by atoms with Crippen LogP contribution in [0.25, 0.3) is 0 Å². The van der Waals surface area contributed by atoms with Crippen molar-refractivity contribution in [1.82, 2.24) is 4.90 Å². The number of carbonyl (C=O) groups is 3. The molecule has 2 amide bonds. The Morgan fingerprint density at radius 1 is 1.35 bits per heavy atom. The molecular formula is C14H21NO5. The lowest BCUT2D eigenvalue weighted by Gasteiger charge is -2.26. The van der Waals surface area contributed by atoms with Crippen LogP contribution in [0.15, 0.2) is 0 Å². The normalized spacial score (nSPS) is 23.9. The molecule has 0 aromatic heterocycles. The lowest BCUT2D eigenvalue weighted by atomic mass is 10.0. The van der Waals surface area contributed by atoms with E-state index in [1.165, 1.54) is 0 Å². The van der Waals surface area contributed by atoms with Crippen LogP contribution in [0.2, 0.25) is 0 Å². The molecule has 2 fully saturated rings. The third-order valence-electron chi connectivity index (χ3n) is 3.57. The smallest absolute Gasteiger partial charge is 0.417 e. The third kappa shape index (κ3) is 2.64. The number of carbonyl (C=O) groups excluding carboxylic acids is 3. The second kappa shape index (κ2) is 4.75. The highest BCUT2D eigenvalue weighted by atomic mass is 16.6. The molecule has 0 aromatic carbocycles. The Morgan fingerprint density at radius 3 is 2.40 bits per heavy atom. The fraction of sp³-hybridized carbons (Fsp3) is 0.786. The highest BCUT2D eigenvalue weighted by Crippen LogP contribution is 2.56. The summed E-state index contributed by atoms with van der Waals surface area (Å²) in [6.07, 6.45) is 1.04. The molecule has 112 valence electrons. The van der Waals surface area contributed by atoms with E-state index >= 15 is 0 Å². The Labute approximate surface area is 118 Å². The molecule has 0 unspecified atom stereocenters. The first-order valence-electron chi connectivity index (χ1n) is 6.93. The van der Waals surface area contributed by atoms with Gasteiger partial charge in [-0.05, 0) is 47.0 Å². The highest BCUT2D eigenvalue weighted by Gasteiger charge is 2.63. The summed E-state index contributed by atoms with van der Waals surface area (Å²) in [5.41, 5.74) is -1.25. The standard InChI is InChI=1S/C14H21NO5/c1-5-19-10(16)9-8-14(6-7-14)11(17)15(9)12(18)20-13(2,3)4/h9H,5-8H2,1-4H3/t9-/m0/s1. The minimum absolute atomic E-state index is 0.221. The van der Waals surface area contributed by atoms with Gasteiger partial charge in [0.15, 0.2) is 0 Å². The van der Waals surface area contributed by atoms with Crippen molar-refractivity contribution in [1.29, 1.82) is 0 Å². The number of rotatable bonds is 2. The summed E-state index contributed by atoms with van der Waals surface area (Å²) in [6, 6.07) is -0.847. The summed E-state index contributed by atoms with van der Waals surface area (Å²) in [6.45, 7) is 7.07. The van der Waals surface area contributed by atoms with Gasteiger partial charge in [0.25, 0.3) is 0 Å². The van der Waals surface area contributed by atoms with Crippen LogP contribution < -0.4 is 0 Å². The molecule has 1 heterocycles. The van der Waals surface area contributed by atoms with E-state index in [1.54, 1.807) is 27.7 Å². The molecule has 0 aromatic rings. The molecule has 1 atom stereocenters. The number of hydrogen-bond donors (Lipinski definition) is 0. The number of ether oxygens (including phenoxy) is 2. The van der Waals surface area contributed by atoms with Crippen LogP contribution in [-0.4, -0.2) is 41.1 Å². The maximum Gasteiger partial charge on any atom is 0.417 e. The van der Waals surface area contributed by atoms with Gasteiger partial charge in [0.1, 0.15) is 11.6 Å². The molecule has 1 saturated carbocycles. The molecule has 1 saturated heterocycles. The van der Waals surface area contributed by atoms with Crippen LogP contribution in [-0.2, 0) is 19.1 Å². The van der Waals surface area contributed by atoms with Gasteiger partial charge in [-0.1, -0.05) is 0 Å². The first-order valence-corrected chi connectivity index (χ1v) is 6.93. The molecule has 0 N–H and O–H groups in total. The van der Waals surface area contributed by atoms with Gasteiger partial charge in [-0.3, -0.25) is 4.79 Å². The number of nitrogens with zero attached hydrogens (tertiary/aromatic N) is 1. The minimum Gasteiger partial charge on any atom is -0.464 e. The Hall–Kier alpha value is -1.59. The van der Waals surface area contributed by atoms with Crippen molar-refractivity contribution < 1.29 is 23.9 Å². The molecular weight excluding hydrogens is 262 g/mol. The molecule has 6 heteroatoms. The Bertz CT molecular complexity index is 447. The lowest BCUT2D eigenvalue weighted by Crippen LogP contribution is -2.46. The number of amides is 2. The third-order valence-corrected chi connectivity index (χ3v) is 3.57. The summed E-state index contributed by atoms with van der Waals surface area (Å²) in [4.78, 5) is 37.5. The average molecular weight is 283 g/mol. The summed E-state index contributed by atoms with van der Waals surface area (Å²) in [5, 5.41) is 0. The average Bonchev–Trinajstić information content (AvgIpc) is 3.00. The number of imide groups is 1. The first-order chi connectivity index (χ1) is 9.20. The van der Waals surface area contributed by atoms with Crippen molar-refractivity contribution in [2.75, 3.05) is 6.61 Å². The summed E-state index contributed by atoms with van der Waals surface area (Å²) in [7, 11) is 0. The van der Waals surface area contributed by atoms with Crippen molar-refractivity contribution in [3.05, 3.63) is 0 Å². The van der Waals surface area contributed by atoms with E-state index in [-0.39, 0.29) is 12.5 Å². The van der Waals surface area contributed by atoms with Crippen molar-refractivity contribution in [3.63, 3.8) is 0 Å². The second-order valence-electron chi connectivity index (χ2n) is 6.41. The highest BCUT2D eigenvalue weighted by molar-refractivity contribution is 6.03. The zero-order valence-electron chi connectivity index (χ0n) is 12.4. The number of hydrogen-bond acceptors (Lipinski definition) is 5. The molecule has 2 aliphatic rings. The summed E-state index contributed by atoms with van der Waals surface area (Å²) < 4.78 is 10.2. The molecule has 1 aliphatic carbocycles. The fourth-order valence-corrected chi connectivity index (χ4v) is 2.46. The number of esters is 1. The van der Waals surface area contributed by atoms with Crippen molar-refractivity contribution >= 4 is 18.0 Å². The van der Waals surface area contributed by atoms with Gasteiger partial charge in [-0.25, -0.2) is 14.5 Å². The molecule has 2 rings (SSSR count). The zero-order valence-corrected chi connectivity index (χ0v) is 12.4. The Morgan fingerprint density at radius 2 is 1.95 bits per heavy atom. The molecule has 6 nitrogen and oxygen atoms in total. The van der Waals surface area contributed by atoms with E-state index in [4.69, 9.17) is 9.47 Å². The van der Waals surface area contributed by atoms with Gasteiger partial charge in [-0.2, -0.15) is 0 Å². The van der Waals surface area contributed by atoms with Crippen LogP contribution in [0.5, 0.6) is 0 Å². The monoisotopic (exact) mass is 283 g/mol. The summed E-state index contributed by atoms with van der Waals surface area (Å²) >= 11 is 0.